The first-order valence-corrected chi connectivity index (χ1v) is 22.6. The maximum Gasteiger partial charge on any atom is 0.340 e. The predicted molar refractivity (Wildman–Crippen MR) is 191 cm³/mol. The number of hydrogen-bond acceptors (Lipinski definition) is 15. The number of carbonyl (C=O) groups is 3. The summed E-state index contributed by atoms with van der Waals surface area (Å²) in [6, 6.07) is 0. The SMILES string of the molecule is CCOP(=O)(CC(=O)NCCOCC(CC)(COCCNC(=O)CP(=O)(OCC)OCC)COCCNC(=O)CP(=O)(OCC)OCC)OCC. The van der Waals surface area contributed by atoms with E-state index in [-0.39, 0.29) is 98.9 Å². The molecular weight excluding hydrogens is 735 g/mol. The molecule has 0 aromatic rings. The third kappa shape index (κ3) is 23.2. The molecule has 0 aliphatic heterocycles. The fourth-order valence-corrected chi connectivity index (χ4v) is 8.87. The average Bonchev–Trinajstić information content (AvgIpc) is 3.04. The van der Waals surface area contributed by atoms with Crippen LogP contribution in [0.5, 0.6) is 0 Å². The van der Waals surface area contributed by atoms with Gasteiger partial charge in [-0.1, -0.05) is 6.92 Å². The zero-order valence-corrected chi connectivity index (χ0v) is 34.1. The Bertz CT molecular complexity index is 970. The van der Waals surface area contributed by atoms with Crippen LogP contribution in [0.2, 0.25) is 0 Å². The Morgan fingerprint density at radius 2 is 0.686 bits per heavy atom. The van der Waals surface area contributed by atoms with E-state index < -0.39 is 64.4 Å². The summed E-state index contributed by atoms with van der Waals surface area (Å²) in [6.07, 6.45) is -0.675. The molecule has 0 aliphatic rings. The van der Waals surface area contributed by atoms with E-state index in [9.17, 15) is 28.1 Å². The van der Waals surface area contributed by atoms with Crippen LogP contribution < -0.4 is 16.0 Å². The Hall–Kier alpha value is -1.26. The van der Waals surface area contributed by atoms with Crippen LogP contribution >= 0.6 is 22.8 Å². The van der Waals surface area contributed by atoms with Gasteiger partial charge in [0, 0.05) is 25.0 Å². The standard InChI is InChI=1S/C30H62N3O15P3/c1-8-30(24-40-18-15-31-27(34)21-49(37,43-9-2)44-10-3,25-41-19-16-32-28(35)22-50(38,45-11-4)46-12-5)26-42-20-17-33-29(36)23-51(39,47-13-6)48-14-7/h8-26H2,1-7H3,(H,31,34)(H,32,35)(H,33,36). The third-order valence-corrected chi connectivity index (χ3v) is 12.6. The lowest BCUT2D eigenvalue weighted by Gasteiger charge is -2.32. The van der Waals surface area contributed by atoms with E-state index in [0.717, 1.165) is 0 Å². The fraction of sp³-hybridized carbons (Fsp3) is 0.900. The van der Waals surface area contributed by atoms with Gasteiger partial charge in [-0.25, -0.2) is 0 Å². The Morgan fingerprint density at radius 3 is 0.882 bits per heavy atom. The predicted octanol–water partition coefficient (Wildman–Crippen LogP) is 3.58. The lowest BCUT2D eigenvalue weighted by atomic mass is 9.88. The average molecular weight is 798 g/mol. The first kappa shape index (κ1) is 49.7. The lowest BCUT2D eigenvalue weighted by Crippen LogP contribution is -2.40. The summed E-state index contributed by atoms with van der Waals surface area (Å²) in [4.78, 5) is 37.1. The highest BCUT2D eigenvalue weighted by molar-refractivity contribution is 7.55. The normalized spacial score (nSPS) is 12.5. The van der Waals surface area contributed by atoms with Gasteiger partial charge in [-0.05, 0) is 48.0 Å². The highest BCUT2D eigenvalue weighted by Gasteiger charge is 2.32. The minimum Gasteiger partial charge on any atom is -0.379 e. The van der Waals surface area contributed by atoms with Crippen molar-refractivity contribution < 1.29 is 69.4 Å². The van der Waals surface area contributed by atoms with E-state index in [4.69, 9.17) is 41.4 Å². The molecule has 0 spiro atoms. The third-order valence-electron chi connectivity index (χ3n) is 6.65. The Balaban J connectivity index is 5.15. The van der Waals surface area contributed by atoms with Crippen molar-refractivity contribution in [2.45, 2.75) is 54.9 Å². The Labute approximate surface area is 303 Å². The minimum absolute atomic E-state index is 0.132. The van der Waals surface area contributed by atoms with Gasteiger partial charge in [0.25, 0.3) is 0 Å². The van der Waals surface area contributed by atoms with Crippen LogP contribution in [0.4, 0.5) is 0 Å². The van der Waals surface area contributed by atoms with E-state index in [1.54, 1.807) is 41.5 Å². The summed E-state index contributed by atoms with van der Waals surface area (Å²) in [5.41, 5.74) is -0.656. The molecule has 0 aromatic heterocycles. The highest BCUT2D eigenvalue weighted by atomic mass is 31.2. The largest absolute Gasteiger partial charge is 0.379 e. The van der Waals surface area contributed by atoms with Gasteiger partial charge < -0.3 is 57.3 Å². The summed E-state index contributed by atoms with van der Waals surface area (Å²) in [5, 5.41) is 7.95. The van der Waals surface area contributed by atoms with Gasteiger partial charge in [0.1, 0.15) is 18.5 Å². The second-order valence-corrected chi connectivity index (χ2v) is 17.0. The van der Waals surface area contributed by atoms with Gasteiger partial charge in [-0.3, -0.25) is 28.1 Å². The molecule has 0 bridgehead atoms. The quantitative estimate of drug-likeness (QED) is 0.0626. The zero-order chi connectivity index (χ0) is 38.7. The second kappa shape index (κ2) is 28.2. The number of hydrogen-bond donors (Lipinski definition) is 3. The van der Waals surface area contributed by atoms with Gasteiger partial charge in [0.05, 0.1) is 79.3 Å². The van der Waals surface area contributed by atoms with E-state index in [0.29, 0.717) is 6.42 Å². The van der Waals surface area contributed by atoms with E-state index in [1.807, 2.05) is 6.92 Å². The van der Waals surface area contributed by atoms with Crippen molar-refractivity contribution in [2.24, 2.45) is 5.41 Å². The molecule has 51 heavy (non-hydrogen) atoms. The topological polar surface area (TPSA) is 222 Å². The second-order valence-electron chi connectivity index (χ2n) is 10.9. The van der Waals surface area contributed by atoms with Crippen LogP contribution in [0.25, 0.3) is 0 Å². The molecule has 302 valence electrons. The van der Waals surface area contributed by atoms with Crippen molar-refractivity contribution in [3.05, 3.63) is 0 Å². The molecule has 0 radical (unpaired) electrons. The highest BCUT2D eigenvalue weighted by Crippen LogP contribution is 2.49. The van der Waals surface area contributed by atoms with Gasteiger partial charge in [-0.2, -0.15) is 0 Å². The molecule has 0 aliphatic carbocycles. The van der Waals surface area contributed by atoms with Gasteiger partial charge in [0.2, 0.25) is 17.7 Å². The summed E-state index contributed by atoms with van der Waals surface area (Å²) in [7, 11) is -10.6. The summed E-state index contributed by atoms with van der Waals surface area (Å²) >= 11 is 0. The number of nitrogens with one attached hydrogen (secondary N) is 3. The van der Waals surface area contributed by atoms with E-state index >= 15 is 0 Å². The summed E-state index contributed by atoms with van der Waals surface area (Å²) < 4.78 is 86.5. The molecule has 18 nitrogen and oxygen atoms in total. The Kier molecular flexibility index (Phi) is 27.5. The van der Waals surface area contributed by atoms with Gasteiger partial charge >= 0.3 is 22.8 Å². The summed E-state index contributed by atoms with van der Waals surface area (Å²) in [6.45, 7) is 14.1. The number of ether oxygens (including phenoxy) is 3. The molecule has 21 heteroatoms. The van der Waals surface area contributed by atoms with Crippen molar-refractivity contribution in [2.75, 3.05) is 117 Å². The molecule has 0 atom stereocenters. The Morgan fingerprint density at radius 1 is 0.451 bits per heavy atom. The smallest absolute Gasteiger partial charge is 0.340 e. The molecular formula is C30H62N3O15P3. The van der Waals surface area contributed by atoms with Crippen molar-refractivity contribution in [1.82, 2.24) is 16.0 Å². The van der Waals surface area contributed by atoms with Crippen LogP contribution in [-0.2, 0) is 69.4 Å². The molecule has 0 rings (SSSR count). The fourth-order valence-electron chi connectivity index (χ4n) is 4.35. The summed E-state index contributed by atoms with van der Waals surface area (Å²) in [5.74, 6) is -1.50. The van der Waals surface area contributed by atoms with Crippen LogP contribution in [0.3, 0.4) is 0 Å². The first-order chi connectivity index (χ1) is 24.2. The molecule has 0 saturated carbocycles. The van der Waals surface area contributed by atoms with Crippen LogP contribution in [-0.4, -0.2) is 135 Å². The van der Waals surface area contributed by atoms with Crippen molar-refractivity contribution in [3.63, 3.8) is 0 Å². The van der Waals surface area contributed by atoms with Gasteiger partial charge in [-0.15, -0.1) is 0 Å². The molecule has 0 saturated heterocycles. The number of amides is 3. The molecule has 0 fully saturated rings. The maximum absolute atomic E-state index is 12.6. The number of carbonyl (C=O) groups excluding carboxylic acids is 3. The van der Waals surface area contributed by atoms with Crippen LogP contribution in [0.1, 0.15) is 54.9 Å². The zero-order valence-electron chi connectivity index (χ0n) is 31.4. The van der Waals surface area contributed by atoms with E-state index in [2.05, 4.69) is 16.0 Å². The van der Waals surface area contributed by atoms with Crippen molar-refractivity contribution in [1.29, 1.82) is 0 Å². The first-order valence-electron chi connectivity index (χ1n) is 17.4. The molecule has 0 aromatic carbocycles. The lowest BCUT2D eigenvalue weighted by molar-refractivity contribution is -0.120. The van der Waals surface area contributed by atoms with Crippen molar-refractivity contribution in [3.8, 4) is 0 Å². The monoisotopic (exact) mass is 797 g/mol. The molecule has 3 N–H and O–H groups in total. The van der Waals surface area contributed by atoms with Crippen molar-refractivity contribution >= 4 is 40.5 Å². The van der Waals surface area contributed by atoms with E-state index in [1.165, 1.54) is 0 Å². The van der Waals surface area contributed by atoms with Crippen LogP contribution in [0.15, 0.2) is 0 Å². The molecule has 0 unspecified atom stereocenters. The maximum atomic E-state index is 12.6. The molecule has 3 amide bonds. The van der Waals surface area contributed by atoms with Crippen LogP contribution in [0, 0.1) is 5.41 Å². The minimum atomic E-state index is -3.54. The molecule has 0 heterocycles. The number of rotatable bonds is 34. The van der Waals surface area contributed by atoms with Gasteiger partial charge in [0.15, 0.2) is 0 Å².